The van der Waals surface area contributed by atoms with Crippen molar-refractivity contribution in [3.8, 4) is 5.75 Å². The quantitative estimate of drug-likeness (QED) is 0.476. The van der Waals surface area contributed by atoms with Crippen LogP contribution in [0.2, 0.25) is 5.02 Å². The highest BCUT2D eigenvalue weighted by atomic mass is 35.7. The molecule has 0 bridgehead atoms. The number of hydrogen-bond acceptors (Lipinski definition) is 6. The molecule has 1 heterocycles. The highest BCUT2D eigenvalue weighted by Crippen LogP contribution is 2.39. The molecule has 0 saturated heterocycles. The molecule has 0 spiro atoms. The van der Waals surface area contributed by atoms with Crippen molar-refractivity contribution in [2.45, 2.75) is 11.3 Å². The summed E-state index contributed by atoms with van der Waals surface area (Å²) in [4.78, 5) is 10.8. The number of hydrogen-bond donors (Lipinski definition) is 0. The van der Waals surface area contributed by atoms with Gasteiger partial charge in [0.1, 0.15) is 5.02 Å². The summed E-state index contributed by atoms with van der Waals surface area (Å²) in [6.07, 6.45) is -4.92. The van der Waals surface area contributed by atoms with Gasteiger partial charge in [0.15, 0.2) is 11.9 Å². The lowest BCUT2D eigenvalue weighted by Crippen LogP contribution is -2.18. The number of nitrogens with zero attached hydrogens (tertiary/aromatic N) is 2. The lowest BCUT2D eigenvalue weighted by molar-refractivity contribution is -0.392. The second kappa shape index (κ2) is 4.98. The van der Waals surface area contributed by atoms with Crippen LogP contribution in [0.4, 0.5) is 19.0 Å². The van der Waals surface area contributed by atoms with Gasteiger partial charge in [-0.05, 0) is 9.91 Å². The van der Waals surface area contributed by atoms with Gasteiger partial charge in [-0.15, -0.1) is 13.2 Å². The Bertz CT molecular complexity index is 632. The lowest BCUT2D eigenvalue weighted by Gasteiger charge is -2.10. The van der Waals surface area contributed by atoms with E-state index in [1.54, 1.807) is 0 Å². The van der Waals surface area contributed by atoms with Gasteiger partial charge < -0.3 is 14.9 Å². The average Bonchev–Trinajstić information content (AvgIpc) is 2.16. The fourth-order valence-electron chi connectivity index (χ4n) is 0.987. The molecule has 1 aromatic heterocycles. The zero-order valence-electron chi connectivity index (χ0n) is 8.31. The molecule has 0 radical (unpaired) electrons. The van der Waals surface area contributed by atoms with Gasteiger partial charge in [-0.25, -0.2) is 8.42 Å². The fraction of sp³-hybridized carbons (Fsp3) is 0.167. The van der Waals surface area contributed by atoms with Crippen LogP contribution in [0.3, 0.4) is 0 Å². The van der Waals surface area contributed by atoms with Crippen LogP contribution >= 0.6 is 22.3 Å². The van der Waals surface area contributed by atoms with Gasteiger partial charge in [0.05, 0.1) is 0 Å². The van der Waals surface area contributed by atoms with Gasteiger partial charge in [0.2, 0.25) is 4.90 Å². The molecule has 19 heavy (non-hydrogen) atoms. The zero-order chi connectivity index (χ0) is 15.0. The molecule has 0 aliphatic rings. The van der Waals surface area contributed by atoms with Crippen molar-refractivity contribution in [1.29, 1.82) is 0 Å². The van der Waals surface area contributed by atoms with Crippen LogP contribution in [0.1, 0.15) is 0 Å². The predicted octanol–water partition coefficient (Wildman–Crippen LogP) is 2.47. The molecule has 0 aliphatic carbocycles. The molecule has 0 aliphatic heterocycles. The van der Waals surface area contributed by atoms with E-state index in [-0.39, 0.29) is 6.20 Å². The van der Waals surface area contributed by atoms with Crippen molar-refractivity contribution in [3.05, 3.63) is 21.3 Å². The average molecular weight is 341 g/mol. The molecule has 0 aromatic carbocycles. The molecule has 0 amide bonds. The number of rotatable bonds is 3. The minimum atomic E-state index is -5.19. The molecule has 13 heteroatoms. The summed E-state index contributed by atoms with van der Waals surface area (Å²) in [5, 5.41) is 9.33. The van der Waals surface area contributed by atoms with Crippen molar-refractivity contribution in [2.24, 2.45) is 0 Å². The third kappa shape index (κ3) is 3.81. The van der Waals surface area contributed by atoms with Crippen LogP contribution < -0.4 is 4.74 Å². The summed E-state index contributed by atoms with van der Waals surface area (Å²) >= 11 is 5.32. The smallest absolute Gasteiger partial charge is 0.400 e. The van der Waals surface area contributed by atoms with Crippen LogP contribution in [0.25, 0.3) is 0 Å². The Kier molecular flexibility index (Phi) is 4.12. The number of alkyl halides is 3. The Morgan fingerprint density at radius 2 is 1.95 bits per heavy atom. The Labute approximate surface area is 112 Å². The third-order valence-electron chi connectivity index (χ3n) is 1.57. The normalized spacial score (nSPS) is 12.3. The molecule has 0 fully saturated rings. The number of ether oxygens (including phenoxy) is 1. The summed E-state index contributed by atoms with van der Waals surface area (Å²) in [6, 6.07) is 0. The largest absolute Gasteiger partial charge is 0.573 e. The molecule has 7 nitrogen and oxygen atoms in total. The third-order valence-corrected chi connectivity index (χ3v) is 3.39. The lowest BCUT2D eigenvalue weighted by atomic mass is 10.4. The monoisotopic (exact) mass is 340 g/mol. The van der Waals surface area contributed by atoms with Gasteiger partial charge in [-0.1, -0.05) is 11.6 Å². The van der Waals surface area contributed by atoms with Crippen LogP contribution in [0.15, 0.2) is 11.1 Å². The molecular weight excluding hydrogens is 340 g/mol. The first-order chi connectivity index (χ1) is 8.43. The maximum Gasteiger partial charge on any atom is 0.573 e. The van der Waals surface area contributed by atoms with Crippen LogP contribution in [-0.4, -0.2) is 24.7 Å². The van der Waals surface area contributed by atoms with E-state index in [1.165, 1.54) is 0 Å². The van der Waals surface area contributed by atoms with Crippen molar-refractivity contribution in [2.75, 3.05) is 0 Å². The minimum Gasteiger partial charge on any atom is -0.400 e. The number of halogens is 5. The topological polar surface area (TPSA) is 99.4 Å². The van der Waals surface area contributed by atoms with Crippen molar-refractivity contribution in [3.63, 3.8) is 0 Å². The minimum absolute atomic E-state index is 0.263. The molecule has 106 valence electrons. The Morgan fingerprint density at radius 3 is 2.32 bits per heavy atom. The van der Waals surface area contributed by atoms with Gasteiger partial charge in [-0.2, -0.15) is 0 Å². The van der Waals surface area contributed by atoms with Gasteiger partial charge in [0.25, 0.3) is 9.05 Å². The van der Waals surface area contributed by atoms with E-state index < -0.39 is 41.8 Å². The molecular formula is C6HCl2F3N2O5S. The number of nitro groups is 1. The van der Waals surface area contributed by atoms with E-state index in [0.717, 1.165) is 0 Å². The summed E-state index contributed by atoms with van der Waals surface area (Å²) in [7, 11) is 0.0643. The standard InChI is InChI=1S/C6HCl2F3N2O5S/c7-3-2(18-6(9,10)11)1-12-5(13(14)15)4(3)19(8,16)17/h1H. The Hall–Kier alpha value is -1.33. The Morgan fingerprint density at radius 1 is 1.42 bits per heavy atom. The predicted molar refractivity (Wildman–Crippen MR) is 55.6 cm³/mol. The number of aromatic nitrogens is 1. The zero-order valence-corrected chi connectivity index (χ0v) is 10.6. The fourth-order valence-corrected chi connectivity index (χ4v) is 2.68. The number of pyridine rings is 1. The summed E-state index contributed by atoms with van der Waals surface area (Å²) in [5.74, 6) is -2.53. The van der Waals surface area contributed by atoms with E-state index in [0.29, 0.717) is 0 Å². The first kappa shape index (κ1) is 15.7. The summed E-state index contributed by atoms with van der Waals surface area (Å²) in [6.45, 7) is 0. The molecule has 1 rings (SSSR count). The SMILES string of the molecule is O=[N+]([O-])c1ncc(OC(F)(F)F)c(Cl)c1S(=O)(=O)Cl. The van der Waals surface area contributed by atoms with Crippen molar-refractivity contribution < 1.29 is 31.2 Å². The highest BCUT2D eigenvalue weighted by Gasteiger charge is 2.37. The maximum absolute atomic E-state index is 12.0. The molecule has 0 saturated carbocycles. The van der Waals surface area contributed by atoms with Crippen LogP contribution in [0, 0.1) is 10.1 Å². The second-order valence-electron chi connectivity index (χ2n) is 2.83. The molecule has 0 N–H and O–H groups in total. The van der Waals surface area contributed by atoms with Crippen molar-refractivity contribution >= 4 is 37.2 Å². The molecule has 1 aromatic rings. The Balaban J connectivity index is 3.56. The first-order valence-corrected chi connectivity index (χ1v) is 6.65. The van der Waals surface area contributed by atoms with E-state index in [9.17, 15) is 31.7 Å². The second-order valence-corrected chi connectivity index (χ2v) is 5.71. The van der Waals surface area contributed by atoms with Gasteiger partial charge >= 0.3 is 12.2 Å². The van der Waals surface area contributed by atoms with Crippen LogP contribution in [-0.2, 0) is 9.05 Å². The first-order valence-electron chi connectivity index (χ1n) is 3.97. The van der Waals surface area contributed by atoms with E-state index >= 15 is 0 Å². The van der Waals surface area contributed by atoms with Gasteiger partial charge in [-0.3, -0.25) is 0 Å². The van der Waals surface area contributed by atoms with Gasteiger partial charge in [0, 0.05) is 10.7 Å². The van der Waals surface area contributed by atoms with E-state index in [4.69, 9.17) is 22.3 Å². The van der Waals surface area contributed by atoms with Crippen molar-refractivity contribution in [1.82, 2.24) is 4.98 Å². The highest BCUT2D eigenvalue weighted by molar-refractivity contribution is 8.14. The maximum atomic E-state index is 12.0. The molecule has 0 unspecified atom stereocenters. The van der Waals surface area contributed by atoms with E-state index in [2.05, 4.69) is 9.72 Å². The molecule has 0 atom stereocenters. The summed E-state index contributed by atoms with van der Waals surface area (Å²) < 4.78 is 61.5. The van der Waals surface area contributed by atoms with Crippen LogP contribution in [0.5, 0.6) is 5.75 Å². The summed E-state index contributed by atoms with van der Waals surface area (Å²) in [5.41, 5.74) is 0. The van der Waals surface area contributed by atoms with E-state index in [1.807, 2.05) is 0 Å².